The van der Waals surface area contributed by atoms with E-state index in [9.17, 15) is 22.9 Å². The molecule has 2 rings (SSSR count). The summed E-state index contributed by atoms with van der Waals surface area (Å²) >= 11 is 8.91. The number of nitro benzene ring substituents is 1. The Bertz CT molecular complexity index is 921. The summed E-state index contributed by atoms with van der Waals surface area (Å²) in [5, 5.41) is 11.0. The van der Waals surface area contributed by atoms with Crippen LogP contribution in [0.5, 0.6) is 11.5 Å². The molecule has 0 spiro atoms. The standard InChI is InChI=1S/C13H8BrClFNO6S/c1-22-13-9(14)4-7(15)5-12(13)24(20,21)23-11-6-8(16)2-3-10(11)17(18)19/h2-6H,1H3. The summed E-state index contributed by atoms with van der Waals surface area (Å²) in [5.74, 6) is -1.78. The van der Waals surface area contributed by atoms with Crippen molar-refractivity contribution in [3.05, 3.63) is 55.8 Å². The highest BCUT2D eigenvalue weighted by Gasteiger charge is 2.28. The number of rotatable bonds is 5. The lowest BCUT2D eigenvalue weighted by molar-refractivity contribution is -0.385. The molecule has 0 saturated carbocycles. The first kappa shape index (κ1) is 18.4. The van der Waals surface area contributed by atoms with E-state index in [-0.39, 0.29) is 15.2 Å². The largest absolute Gasteiger partial charge is 0.494 e. The molecule has 0 aromatic heterocycles. The van der Waals surface area contributed by atoms with E-state index in [2.05, 4.69) is 15.9 Å². The van der Waals surface area contributed by atoms with Crippen LogP contribution >= 0.6 is 27.5 Å². The highest BCUT2D eigenvalue weighted by Crippen LogP contribution is 2.38. The van der Waals surface area contributed by atoms with Gasteiger partial charge in [-0.05, 0) is 34.1 Å². The average Bonchev–Trinajstić information content (AvgIpc) is 2.45. The van der Waals surface area contributed by atoms with Gasteiger partial charge in [0.05, 0.1) is 16.5 Å². The molecule has 0 aliphatic rings. The second-order valence-corrected chi connectivity index (χ2v) is 7.13. The SMILES string of the molecule is COc1c(Br)cc(Cl)cc1S(=O)(=O)Oc1cc(F)ccc1[N+](=O)[O-]. The van der Waals surface area contributed by atoms with Gasteiger partial charge in [-0.25, -0.2) is 4.39 Å². The van der Waals surface area contributed by atoms with E-state index in [0.29, 0.717) is 6.07 Å². The van der Waals surface area contributed by atoms with Crippen LogP contribution in [0.15, 0.2) is 39.7 Å². The van der Waals surface area contributed by atoms with Crippen LogP contribution in [0.1, 0.15) is 0 Å². The van der Waals surface area contributed by atoms with Gasteiger partial charge in [-0.3, -0.25) is 10.1 Å². The number of hydrogen-bond acceptors (Lipinski definition) is 6. The fourth-order valence-electron chi connectivity index (χ4n) is 1.79. The number of ether oxygens (including phenoxy) is 1. The summed E-state index contributed by atoms with van der Waals surface area (Å²) in [7, 11) is -3.36. The van der Waals surface area contributed by atoms with Crippen LogP contribution in [0.25, 0.3) is 0 Å². The lowest BCUT2D eigenvalue weighted by Crippen LogP contribution is -2.12. The van der Waals surface area contributed by atoms with Gasteiger partial charge in [-0.2, -0.15) is 8.42 Å². The fraction of sp³-hybridized carbons (Fsp3) is 0.0769. The van der Waals surface area contributed by atoms with Gasteiger partial charge in [0.25, 0.3) is 0 Å². The van der Waals surface area contributed by atoms with E-state index >= 15 is 0 Å². The molecule has 0 amide bonds. The van der Waals surface area contributed by atoms with Gasteiger partial charge in [-0.15, -0.1) is 0 Å². The minimum Gasteiger partial charge on any atom is -0.494 e. The zero-order valence-electron chi connectivity index (χ0n) is 11.8. The third kappa shape index (κ3) is 3.77. The van der Waals surface area contributed by atoms with Crippen molar-refractivity contribution in [3.8, 4) is 11.5 Å². The molecule has 11 heteroatoms. The minimum atomic E-state index is -4.58. The van der Waals surface area contributed by atoms with E-state index in [0.717, 1.165) is 18.2 Å². The first-order chi connectivity index (χ1) is 11.2. The number of methoxy groups -OCH3 is 1. The van der Waals surface area contributed by atoms with Crippen LogP contribution in [-0.2, 0) is 10.1 Å². The Hall–Kier alpha value is -1.91. The Balaban J connectivity index is 2.59. The summed E-state index contributed by atoms with van der Waals surface area (Å²) in [6, 6.07) is 4.65. The zero-order valence-corrected chi connectivity index (χ0v) is 15.0. The summed E-state index contributed by atoms with van der Waals surface area (Å²) in [5.41, 5.74) is -0.708. The normalized spacial score (nSPS) is 11.2. The second kappa shape index (κ2) is 6.91. The lowest BCUT2D eigenvalue weighted by Gasteiger charge is -2.12. The van der Waals surface area contributed by atoms with Crippen LogP contribution in [0.2, 0.25) is 5.02 Å². The summed E-state index contributed by atoms with van der Waals surface area (Å²) in [6.45, 7) is 0. The Morgan fingerprint density at radius 2 is 1.96 bits per heavy atom. The Labute approximate surface area is 149 Å². The minimum absolute atomic E-state index is 0.0543. The van der Waals surface area contributed by atoms with Crippen molar-refractivity contribution in [2.45, 2.75) is 4.90 Å². The third-order valence-corrected chi connectivity index (χ3v) is 4.81. The van der Waals surface area contributed by atoms with E-state index < -0.39 is 37.2 Å². The molecule has 0 bridgehead atoms. The number of hydrogen-bond donors (Lipinski definition) is 0. The maximum Gasteiger partial charge on any atom is 0.343 e. The molecule has 24 heavy (non-hydrogen) atoms. The van der Waals surface area contributed by atoms with Crippen LogP contribution < -0.4 is 8.92 Å². The summed E-state index contributed by atoms with van der Waals surface area (Å²) in [6.07, 6.45) is 0. The van der Waals surface area contributed by atoms with Crippen molar-refractivity contribution in [1.29, 1.82) is 0 Å². The molecule has 0 atom stereocenters. The predicted molar refractivity (Wildman–Crippen MR) is 86.6 cm³/mol. The molecule has 0 radical (unpaired) electrons. The molecular formula is C13H8BrClFNO6S. The number of nitrogens with zero attached hydrogens (tertiary/aromatic N) is 1. The van der Waals surface area contributed by atoms with Gasteiger partial charge in [0.1, 0.15) is 5.82 Å². The number of halogens is 3. The lowest BCUT2D eigenvalue weighted by atomic mass is 10.3. The average molecular weight is 441 g/mol. The molecule has 128 valence electrons. The molecule has 0 aliphatic carbocycles. The molecule has 0 N–H and O–H groups in total. The van der Waals surface area contributed by atoms with Crippen LogP contribution in [-0.4, -0.2) is 20.5 Å². The van der Waals surface area contributed by atoms with E-state index in [1.807, 2.05) is 0 Å². The second-order valence-electron chi connectivity index (χ2n) is 4.33. The van der Waals surface area contributed by atoms with Gasteiger partial charge in [0.15, 0.2) is 10.6 Å². The summed E-state index contributed by atoms with van der Waals surface area (Å²) < 4.78 is 48.2. The van der Waals surface area contributed by atoms with Crippen molar-refractivity contribution in [2.24, 2.45) is 0 Å². The highest BCUT2D eigenvalue weighted by atomic mass is 79.9. The first-order valence-corrected chi connectivity index (χ1v) is 8.65. The van der Waals surface area contributed by atoms with Crippen molar-refractivity contribution in [2.75, 3.05) is 7.11 Å². The van der Waals surface area contributed by atoms with Crippen LogP contribution in [0, 0.1) is 15.9 Å². The van der Waals surface area contributed by atoms with Gasteiger partial charge < -0.3 is 8.92 Å². The van der Waals surface area contributed by atoms with Crippen molar-refractivity contribution in [3.63, 3.8) is 0 Å². The Morgan fingerprint density at radius 1 is 1.29 bits per heavy atom. The van der Waals surface area contributed by atoms with Crippen molar-refractivity contribution in [1.82, 2.24) is 0 Å². The fourth-order valence-corrected chi connectivity index (χ4v) is 4.11. The highest BCUT2D eigenvalue weighted by molar-refractivity contribution is 9.10. The van der Waals surface area contributed by atoms with Crippen LogP contribution in [0.3, 0.4) is 0 Å². The quantitative estimate of drug-likeness (QED) is 0.397. The summed E-state index contributed by atoms with van der Waals surface area (Å²) in [4.78, 5) is 9.58. The van der Waals surface area contributed by atoms with E-state index in [1.165, 1.54) is 13.2 Å². The maximum atomic E-state index is 13.3. The topological polar surface area (TPSA) is 95.7 Å². The Kier molecular flexibility index (Phi) is 5.31. The molecule has 0 heterocycles. The van der Waals surface area contributed by atoms with Gasteiger partial charge >= 0.3 is 15.8 Å². The molecule has 0 fully saturated rings. The van der Waals surface area contributed by atoms with Gasteiger partial charge in [-0.1, -0.05) is 11.6 Å². The number of nitro groups is 1. The number of benzene rings is 2. The monoisotopic (exact) mass is 439 g/mol. The molecule has 0 unspecified atom stereocenters. The third-order valence-electron chi connectivity index (χ3n) is 2.77. The molecular weight excluding hydrogens is 433 g/mol. The molecule has 0 aliphatic heterocycles. The smallest absolute Gasteiger partial charge is 0.343 e. The molecule has 2 aromatic rings. The van der Waals surface area contributed by atoms with E-state index in [1.54, 1.807) is 0 Å². The zero-order chi connectivity index (χ0) is 18.1. The van der Waals surface area contributed by atoms with Crippen LogP contribution in [0.4, 0.5) is 10.1 Å². The van der Waals surface area contributed by atoms with Crippen molar-refractivity contribution < 1.29 is 26.7 Å². The molecule has 7 nitrogen and oxygen atoms in total. The molecule has 0 saturated heterocycles. The Morgan fingerprint density at radius 3 is 2.54 bits per heavy atom. The first-order valence-electron chi connectivity index (χ1n) is 6.07. The van der Waals surface area contributed by atoms with Crippen molar-refractivity contribution >= 4 is 43.3 Å². The van der Waals surface area contributed by atoms with Gasteiger partial charge in [0, 0.05) is 17.2 Å². The maximum absolute atomic E-state index is 13.3. The van der Waals surface area contributed by atoms with Gasteiger partial charge in [0.2, 0.25) is 5.75 Å². The molecule has 2 aromatic carbocycles. The van der Waals surface area contributed by atoms with E-state index in [4.69, 9.17) is 20.5 Å². The predicted octanol–water partition coefficient (Wildman–Crippen LogP) is 3.93.